The van der Waals surface area contributed by atoms with Gasteiger partial charge < -0.3 is 19.9 Å². The Morgan fingerprint density at radius 2 is 1.86 bits per heavy atom. The van der Waals surface area contributed by atoms with Gasteiger partial charge in [0.1, 0.15) is 12.4 Å². The van der Waals surface area contributed by atoms with Gasteiger partial charge in [-0.05, 0) is 37.5 Å². The van der Waals surface area contributed by atoms with Gasteiger partial charge in [-0.15, -0.1) is 24.0 Å². The molecule has 162 valence electrons. The summed E-state index contributed by atoms with van der Waals surface area (Å²) in [6.45, 7) is 7.95. The summed E-state index contributed by atoms with van der Waals surface area (Å²) in [6, 6.07) is 8.30. The third-order valence-electron chi connectivity index (χ3n) is 4.70. The van der Waals surface area contributed by atoms with Crippen LogP contribution in [0.15, 0.2) is 39.8 Å². The van der Waals surface area contributed by atoms with Gasteiger partial charge in [0, 0.05) is 32.2 Å². The van der Waals surface area contributed by atoms with Crippen molar-refractivity contribution in [3.05, 3.63) is 53.2 Å². The maximum atomic E-state index is 13.1. The van der Waals surface area contributed by atoms with E-state index in [-0.39, 0.29) is 35.9 Å². The predicted octanol–water partition coefficient (Wildman–Crippen LogP) is 4.78. The molecule has 1 aromatic heterocycles. The number of nitrogens with zero attached hydrogens (tertiary/aromatic N) is 2. The van der Waals surface area contributed by atoms with Crippen molar-refractivity contribution < 1.29 is 13.7 Å². The lowest BCUT2D eigenvalue weighted by atomic mass is 9.99. The second-order valence-electron chi connectivity index (χ2n) is 6.58. The highest BCUT2D eigenvalue weighted by Crippen LogP contribution is 2.22. The van der Waals surface area contributed by atoms with Crippen LogP contribution in [0.3, 0.4) is 0 Å². The minimum Gasteiger partial charge on any atom is -0.375 e. The maximum Gasteiger partial charge on any atom is 0.191 e. The molecule has 8 heteroatoms. The number of hydrogen-bond acceptors (Lipinski definition) is 4. The van der Waals surface area contributed by atoms with Crippen LogP contribution in [0, 0.1) is 5.82 Å². The Bertz CT molecular complexity index is 733. The monoisotopic (exact) mass is 518 g/mol. The second kappa shape index (κ2) is 13.5. The van der Waals surface area contributed by atoms with Crippen molar-refractivity contribution >= 4 is 29.9 Å². The van der Waals surface area contributed by atoms with E-state index in [9.17, 15) is 4.39 Å². The SMILES string of the molecule is CCNC(=NCc1cc(C(CC)CC)no1)NCC(OC)c1ccc(F)cc1.I. The first-order chi connectivity index (χ1) is 13.6. The Morgan fingerprint density at radius 1 is 1.17 bits per heavy atom. The zero-order valence-corrected chi connectivity index (χ0v) is 19.9. The summed E-state index contributed by atoms with van der Waals surface area (Å²) in [5.74, 6) is 1.56. The van der Waals surface area contributed by atoms with Gasteiger partial charge in [0.15, 0.2) is 11.7 Å². The van der Waals surface area contributed by atoms with E-state index in [0.29, 0.717) is 25.0 Å². The van der Waals surface area contributed by atoms with Gasteiger partial charge >= 0.3 is 0 Å². The zero-order chi connectivity index (χ0) is 20.4. The highest BCUT2D eigenvalue weighted by Gasteiger charge is 2.14. The highest BCUT2D eigenvalue weighted by atomic mass is 127. The number of hydrogen-bond donors (Lipinski definition) is 2. The molecular weight excluding hydrogens is 486 g/mol. The Kier molecular flexibility index (Phi) is 11.8. The minimum absolute atomic E-state index is 0. The lowest BCUT2D eigenvalue weighted by molar-refractivity contribution is 0.106. The topological polar surface area (TPSA) is 71.7 Å². The van der Waals surface area contributed by atoms with E-state index >= 15 is 0 Å². The third-order valence-corrected chi connectivity index (χ3v) is 4.70. The maximum absolute atomic E-state index is 13.1. The molecule has 29 heavy (non-hydrogen) atoms. The summed E-state index contributed by atoms with van der Waals surface area (Å²) in [6.07, 6.45) is 1.87. The zero-order valence-electron chi connectivity index (χ0n) is 17.6. The standard InChI is InChI=1S/C21H31FN4O2.HI/c1-5-15(6-2)19-12-18(28-26-19)13-24-21(23-7-3)25-14-20(27-4)16-8-10-17(22)11-9-16;/h8-12,15,20H,5-7,13-14H2,1-4H3,(H2,23,24,25);1H. The molecule has 1 unspecified atom stereocenters. The molecule has 0 radical (unpaired) electrons. The molecular formula is C21H32FIN4O2. The normalized spacial score (nSPS) is 12.6. The van der Waals surface area contributed by atoms with E-state index in [1.807, 2.05) is 13.0 Å². The average Bonchev–Trinajstić information content (AvgIpc) is 3.17. The van der Waals surface area contributed by atoms with Gasteiger partial charge in [0.05, 0.1) is 11.8 Å². The second-order valence-corrected chi connectivity index (χ2v) is 6.58. The van der Waals surface area contributed by atoms with Crippen LogP contribution in [0.4, 0.5) is 4.39 Å². The Hall–Kier alpha value is -1.68. The number of ether oxygens (including phenoxy) is 1. The number of benzene rings is 1. The molecule has 2 aromatic rings. The lowest BCUT2D eigenvalue weighted by Gasteiger charge is -2.18. The van der Waals surface area contributed by atoms with Crippen LogP contribution in [0.2, 0.25) is 0 Å². The molecule has 1 atom stereocenters. The molecule has 0 saturated heterocycles. The van der Waals surface area contributed by atoms with Crippen LogP contribution in [-0.2, 0) is 11.3 Å². The van der Waals surface area contributed by atoms with Crippen LogP contribution in [0.25, 0.3) is 0 Å². The molecule has 1 heterocycles. The highest BCUT2D eigenvalue weighted by molar-refractivity contribution is 14.0. The minimum atomic E-state index is -0.263. The number of guanidine groups is 1. The molecule has 6 nitrogen and oxygen atoms in total. The number of aromatic nitrogens is 1. The number of rotatable bonds is 10. The number of aliphatic imine (C=N–C) groups is 1. The van der Waals surface area contributed by atoms with Crippen LogP contribution in [0.1, 0.15) is 62.7 Å². The summed E-state index contributed by atoms with van der Waals surface area (Å²) in [5, 5.41) is 10.7. The largest absolute Gasteiger partial charge is 0.375 e. The molecule has 0 spiro atoms. The van der Waals surface area contributed by atoms with Crippen molar-refractivity contribution in [2.75, 3.05) is 20.2 Å². The van der Waals surface area contributed by atoms with Crippen molar-refractivity contribution in [1.29, 1.82) is 0 Å². The van der Waals surface area contributed by atoms with Gasteiger partial charge in [-0.2, -0.15) is 0 Å². The first-order valence-corrected chi connectivity index (χ1v) is 9.87. The first kappa shape index (κ1) is 25.4. The van der Waals surface area contributed by atoms with Gasteiger partial charge in [0.25, 0.3) is 0 Å². The van der Waals surface area contributed by atoms with E-state index in [1.54, 1.807) is 19.2 Å². The number of nitrogens with one attached hydrogen (secondary N) is 2. The molecule has 0 aliphatic rings. The third kappa shape index (κ3) is 7.93. The van der Waals surface area contributed by atoms with Crippen LogP contribution in [-0.4, -0.2) is 31.3 Å². The molecule has 0 bridgehead atoms. The molecule has 0 amide bonds. The fraction of sp³-hybridized carbons (Fsp3) is 0.524. The predicted molar refractivity (Wildman–Crippen MR) is 124 cm³/mol. The number of halogens is 2. The summed E-state index contributed by atoms with van der Waals surface area (Å²) in [7, 11) is 1.63. The Labute approximate surface area is 189 Å². The molecule has 2 N–H and O–H groups in total. The average molecular weight is 518 g/mol. The molecule has 0 aliphatic carbocycles. The van der Waals surface area contributed by atoms with Crippen molar-refractivity contribution in [3.63, 3.8) is 0 Å². The van der Waals surface area contributed by atoms with Gasteiger partial charge in [-0.1, -0.05) is 31.1 Å². The number of methoxy groups -OCH3 is 1. The smallest absolute Gasteiger partial charge is 0.191 e. The lowest BCUT2D eigenvalue weighted by Crippen LogP contribution is -2.39. The first-order valence-electron chi connectivity index (χ1n) is 9.87. The summed E-state index contributed by atoms with van der Waals surface area (Å²) in [4.78, 5) is 4.57. The van der Waals surface area contributed by atoms with Gasteiger partial charge in [-0.3, -0.25) is 0 Å². The Morgan fingerprint density at radius 3 is 2.45 bits per heavy atom. The molecule has 0 fully saturated rings. The fourth-order valence-electron chi connectivity index (χ4n) is 3.01. The molecule has 0 saturated carbocycles. The van der Waals surface area contributed by atoms with Crippen LogP contribution in [0.5, 0.6) is 0 Å². The van der Waals surface area contributed by atoms with Crippen LogP contribution < -0.4 is 10.6 Å². The van der Waals surface area contributed by atoms with Gasteiger partial charge in [0.2, 0.25) is 0 Å². The molecule has 2 rings (SSSR count). The fourth-order valence-corrected chi connectivity index (χ4v) is 3.01. The van der Waals surface area contributed by atoms with Crippen molar-refractivity contribution in [2.45, 2.75) is 52.2 Å². The van der Waals surface area contributed by atoms with E-state index in [2.05, 4.69) is 34.6 Å². The molecule has 0 aliphatic heterocycles. The van der Waals surface area contributed by atoms with Crippen molar-refractivity contribution in [2.24, 2.45) is 4.99 Å². The van der Waals surface area contributed by atoms with Crippen molar-refractivity contribution in [1.82, 2.24) is 15.8 Å². The van der Waals surface area contributed by atoms with E-state index in [1.165, 1.54) is 12.1 Å². The van der Waals surface area contributed by atoms with Gasteiger partial charge in [-0.25, -0.2) is 9.38 Å². The van der Waals surface area contributed by atoms with Crippen LogP contribution >= 0.6 is 24.0 Å². The van der Waals surface area contributed by atoms with Crippen molar-refractivity contribution in [3.8, 4) is 0 Å². The summed E-state index contributed by atoms with van der Waals surface area (Å²) in [5.41, 5.74) is 1.89. The Balaban J connectivity index is 0.00000420. The molecule has 1 aromatic carbocycles. The van der Waals surface area contributed by atoms with E-state index in [4.69, 9.17) is 9.26 Å². The summed E-state index contributed by atoms with van der Waals surface area (Å²) >= 11 is 0. The summed E-state index contributed by atoms with van der Waals surface area (Å²) < 4.78 is 24.1. The van der Waals surface area contributed by atoms with E-state index in [0.717, 1.165) is 36.4 Å². The van der Waals surface area contributed by atoms with E-state index < -0.39 is 0 Å². The quantitative estimate of drug-likeness (QED) is 0.269.